The fourth-order valence-corrected chi connectivity index (χ4v) is 3.75. The summed E-state index contributed by atoms with van der Waals surface area (Å²) in [5.74, 6) is 0. The molecule has 124 valence electrons. The first kappa shape index (κ1) is 14.9. The monoisotopic (exact) mass is 344 g/mol. The predicted molar refractivity (Wildman–Crippen MR) is 91.5 cm³/mol. The number of nitrogens with one attached hydrogen (secondary N) is 1. The zero-order valence-corrected chi connectivity index (χ0v) is 13.9. The Balaban J connectivity index is 1.70. The fourth-order valence-electron chi connectivity index (χ4n) is 3.16. The van der Waals surface area contributed by atoms with Gasteiger partial charge in [0.05, 0.1) is 17.6 Å². The largest absolute Gasteiger partial charge is 0.365 e. The van der Waals surface area contributed by atoms with Crippen molar-refractivity contribution in [2.45, 2.75) is 13.0 Å². The number of fused-ring (bicyclic) bond motifs is 2. The minimum Gasteiger partial charge on any atom is -0.365 e. The van der Waals surface area contributed by atoms with E-state index in [1.54, 1.807) is 6.07 Å². The van der Waals surface area contributed by atoms with Crippen molar-refractivity contribution in [2.24, 2.45) is 0 Å². The van der Waals surface area contributed by atoms with Crippen LogP contribution in [0.2, 0.25) is 0 Å². The molecule has 2 aromatic carbocycles. The minimum atomic E-state index is -3.29. The van der Waals surface area contributed by atoms with Gasteiger partial charge in [0.2, 0.25) is 10.0 Å². The van der Waals surface area contributed by atoms with Gasteiger partial charge in [0.1, 0.15) is 5.52 Å². The quantitative estimate of drug-likeness (QED) is 0.783. The molecule has 0 spiro atoms. The predicted octanol–water partition coefficient (Wildman–Crippen LogP) is 2.16. The molecule has 2 heterocycles. The summed E-state index contributed by atoms with van der Waals surface area (Å²) < 4.78 is 30.5. The van der Waals surface area contributed by atoms with Crippen molar-refractivity contribution in [3.63, 3.8) is 0 Å². The molecular formula is C16H16N4O3S. The summed E-state index contributed by atoms with van der Waals surface area (Å²) in [4.78, 5) is 2.21. The molecule has 0 bridgehead atoms. The van der Waals surface area contributed by atoms with Crippen LogP contribution in [-0.4, -0.2) is 31.5 Å². The Morgan fingerprint density at radius 3 is 2.83 bits per heavy atom. The minimum absolute atomic E-state index is 0.663. The third-order valence-electron chi connectivity index (χ3n) is 4.17. The van der Waals surface area contributed by atoms with Gasteiger partial charge in [-0.1, -0.05) is 18.2 Å². The van der Waals surface area contributed by atoms with Crippen LogP contribution < -0.4 is 9.62 Å². The Hall–Kier alpha value is -2.61. The van der Waals surface area contributed by atoms with Crippen LogP contribution in [0.25, 0.3) is 11.0 Å². The Kier molecular flexibility index (Phi) is 3.42. The molecule has 1 N–H and O–H groups in total. The van der Waals surface area contributed by atoms with Gasteiger partial charge in [0.15, 0.2) is 5.52 Å². The number of aromatic nitrogens is 2. The topological polar surface area (TPSA) is 88.3 Å². The van der Waals surface area contributed by atoms with Crippen LogP contribution in [0.15, 0.2) is 41.0 Å². The third-order valence-corrected chi connectivity index (χ3v) is 4.76. The van der Waals surface area contributed by atoms with Crippen LogP contribution in [0.5, 0.6) is 0 Å². The summed E-state index contributed by atoms with van der Waals surface area (Å²) in [6, 6.07) is 11.5. The molecule has 3 aromatic rings. The highest BCUT2D eigenvalue weighted by Gasteiger charge is 2.22. The Labute approximate surface area is 139 Å². The lowest BCUT2D eigenvalue weighted by Crippen LogP contribution is -2.31. The van der Waals surface area contributed by atoms with Gasteiger partial charge in [-0.05, 0) is 46.1 Å². The number of nitrogens with zero attached hydrogens (tertiary/aromatic N) is 3. The van der Waals surface area contributed by atoms with Gasteiger partial charge in [0.25, 0.3) is 0 Å². The summed E-state index contributed by atoms with van der Waals surface area (Å²) in [6.45, 7) is 1.45. The smallest absolute Gasteiger partial charge is 0.229 e. The van der Waals surface area contributed by atoms with Gasteiger partial charge in [0, 0.05) is 13.1 Å². The van der Waals surface area contributed by atoms with E-state index in [9.17, 15) is 8.42 Å². The van der Waals surface area contributed by atoms with Gasteiger partial charge >= 0.3 is 0 Å². The maximum absolute atomic E-state index is 11.5. The Bertz CT molecular complexity index is 1010. The van der Waals surface area contributed by atoms with Gasteiger partial charge in [-0.3, -0.25) is 4.72 Å². The van der Waals surface area contributed by atoms with Crippen LogP contribution in [0.3, 0.4) is 0 Å². The molecule has 8 heteroatoms. The molecule has 0 radical (unpaired) electrons. The molecule has 24 heavy (non-hydrogen) atoms. The van der Waals surface area contributed by atoms with Gasteiger partial charge in [-0.25, -0.2) is 13.0 Å². The van der Waals surface area contributed by atoms with Crippen molar-refractivity contribution in [2.75, 3.05) is 22.4 Å². The van der Waals surface area contributed by atoms with Gasteiger partial charge < -0.3 is 4.90 Å². The molecule has 0 saturated carbocycles. The maximum atomic E-state index is 11.5. The number of rotatable bonds is 3. The van der Waals surface area contributed by atoms with Crippen LogP contribution in [0.4, 0.5) is 11.4 Å². The fraction of sp³-hybridized carbons (Fsp3) is 0.250. The van der Waals surface area contributed by atoms with Crippen molar-refractivity contribution in [1.29, 1.82) is 0 Å². The van der Waals surface area contributed by atoms with Crippen LogP contribution in [0.1, 0.15) is 11.1 Å². The van der Waals surface area contributed by atoms with Gasteiger partial charge in [-0.2, -0.15) is 0 Å². The summed E-state index contributed by atoms with van der Waals surface area (Å²) in [5.41, 5.74) is 5.25. The van der Waals surface area contributed by atoms with Crippen LogP contribution >= 0.6 is 0 Å². The van der Waals surface area contributed by atoms with E-state index < -0.39 is 10.0 Å². The Morgan fingerprint density at radius 1 is 1.17 bits per heavy atom. The highest BCUT2D eigenvalue weighted by Crippen LogP contribution is 2.32. The number of sulfonamides is 1. The molecule has 1 aliphatic heterocycles. The summed E-state index contributed by atoms with van der Waals surface area (Å²) in [6.07, 6.45) is 1.91. The molecule has 0 unspecified atom stereocenters. The van der Waals surface area contributed by atoms with Crippen molar-refractivity contribution in [3.05, 3.63) is 47.5 Å². The van der Waals surface area contributed by atoms with E-state index in [0.717, 1.165) is 40.8 Å². The van der Waals surface area contributed by atoms with Crippen LogP contribution in [0, 0.1) is 0 Å². The number of anilines is 2. The number of benzene rings is 2. The van der Waals surface area contributed by atoms with E-state index >= 15 is 0 Å². The summed E-state index contributed by atoms with van der Waals surface area (Å²) in [5, 5.41) is 7.88. The number of hydrogen-bond acceptors (Lipinski definition) is 6. The van der Waals surface area contributed by atoms with Crippen molar-refractivity contribution in [3.8, 4) is 0 Å². The Morgan fingerprint density at radius 2 is 2.00 bits per heavy atom. The van der Waals surface area contributed by atoms with E-state index in [1.807, 2.05) is 30.3 Å². The first-order valence-corrected chi connectivity index (χ1v) is 9.45. The second kappa shape index (κ2) is 5.48. The molecular weight excluding hydrogens is 328 g/mol. The highest BCUT2D eigenvalue weighted by molar-refractivity contribution is 7.92. The van der Waals surface area contributed by atoms with E-state index in [4.69, 9.17) is 4.63 Å². The second-order valence-corrected chi connectivity index (χ2v) is 7.65. The third kappa shape index (κ3) is 2.69. The highest BCUT2D eigenvalue weighted by atomic mass is 32.2. The lowest BCUT2D eigenvalue weighted by atomic mass is 9.97. The molecule has 1 aromatic heterocycles. The van der Waals surface area contributed by atoms with E-state index in [0.29, 0.717) is 12.2 Å². The average Bonchev–Trinajstić information content (AvgIpc) is 3.02. The van der Waals surface area contributed by atoms with Crippen LogP contribution in [-0.2, 0) is 23.0 Å². The lowest BCUT2D eigenvalue weighted by Gasteiger charge is -2.31. The summed E-state index contributed by atoms with van der Waals surface area (Å²) in [7, 11) is -3.29. The standard InChI is InChI=1S/C16H16N4O3S/c1-24(21,22)19-13-5-2-4-11-10-20(9-8-12(11)13)15-7-3-6-14-16(15)18-23-17-14/h2-7,19H,8-10H2,1H3. The van der Waals surface area contributed by atoms with E-state index in [2.05, 4.69) is 19.9 Å². The normalized spacial score (nSPS) is 14.6. The first-order chi connectivity index (χ1) is 11.5. The molecule has 1 aliphatic rings. The molecule has 0 fully saturated rings. The molecule has 0 amide bonds. The molecule has 7 nitrogen and oxygen atoms in total. The van der Waals surface area contributed by atoms with E-state index in [-0.39, 0.29) is 0 Å². The lowest BCUT2D eigenvalue weighted by molar-refractivity contribution is 0.315. The SMILES string of the molecule is CS(=O)(=O)Nc1cccc2c1CCN(c1cccc3nonc13)C2. The molecule has 0 aliphatic carbocycles. The van der Waals surface area contributed by atoms with E-state index in [1.165, 1.54) is 6.26 Å². The maximum Gasteiger partial charge on any atom is 0.229 e. The second-order valence-electron chi connectivity index (χ2n) is 5.90. The average molecular weight is 344 g/mol. The van der Waals surface area contributed by atoms with Gasteiger partial charge in [-0.15, -0.1) is 0 Å². The molecule has 0 saturated heterocycles. The zero-order chi connectivity index (χ0) is 16.7. The number of hydrogen-bond donors (Lipinski definition) is 1. The molecule has 4 rings (SSSR count). The van der Waals surface area contributed by atoms with Crippen molar-refractivity contribution < 1.29 is 13.0 Å². The summed E-state index contributed by atoms with van der Waals surface area (Å²) >= 11 is 0. The first-order valence-electron chi connectivity index (χ1n) is 7.56. The zero-order valence-electron chi connectivity index (χ0n) is 13.1. The van der Waals surface area contributed by atoms with Crippen molar-refractivity contribution >= 4 is 32.4 Å². The molecule has 0 atom stereocenters. The van der Waals surface area contributed by atoms with Crippen molar-refractivity contribution in [1.82, 2.24) is 10.3 Å².